The number of rotatable bonds is 8. The summed E-state index contributed by atoms with van der Waals surface area (Å²) in [4.78, 5) is 42.5. The fraction of sp³-hybridized carbons (Fsp3) is 0.560. The molecule has 1 atom stereocenters. The van der Waals surface area contributed by atoms with Gasteiger partial charge in [-0.3, -0.25) is 14.4 Å². The van der Waals surface area contributed by atoms with E-state index in [2.05, 4.69) is 10.2 Å². The predicted molar refractivity (Wildman–Crippen MR) is 136 cm³/mol. The Morgan fingerprint density at radius 3 is 2.65 bits per heavy atom. The summed E-state index contributed by atoms with van der Waals surface area (Å²) in [7, 11) is 0. The zero-order valence-electron chi connectivity index (χ0n) is 19.8. The first kappa shape index (κ1) is 26.5. The number of amides is 3. The molecule has 1 N–H and O–H groups in total. The van der Waals surface area contributed by atoms with Crippen LogP contribution >= 0.6 is 23.2 Å². The fourth-order valence-electron chi connectivity index (χ4n) is 4.51. The van der Waals surface area contributed by atoms with E-state index in [0.29, 0.717) is 42.6 Å². The van der Waals surface area contributed by atoms with Crippen molar-refractivity contribution in [2.45, 2.75) is 45.1 Å². The van der Waals surface area contributed by atoms with Crippen LogP contribution in [0.4, 0.5) is 0 Å². The second kappa shape index (κ2) is 13.1. The Balaban J connectivity index is 1.40. The van der Waals surface area contributed by atoms with Gasteiger partial charge in [-0.1, -0.05) is 29.3 Å². The normalized spacial score (nSPS) is 20.0. The number of nitrogens with zero attached hydrogens (tertiary/aromatic N) is 3. The molecule has 0 aliphatic carbocycles. The van der Waals surface area contributed by atoms with E-state index in [1.54, 1.807) is 36.1 Å². The number of benzene rings is 1. The molecule has 1 aromatic carbocycles. The number of carbonyl (C=O) groups is 3. The molecule has 9 heteroatoms. The van der Waals surface area contributed by atoms with Crippen LogP contribution in [0.1, 0.15) is 44.6 Å². The quantitative estimate of drug-likeness (QED) is 0.431. The lowest BCUT2D eigenvalue weighted by molar-refractivity contribution is -0.130. The molecule has 1 aromatic rings. The molecule has 7 nitrogen and oxygen atoms in total. The van der Waals surface area contributed by atoms with E-state index in [1.165, 1.54) is 6.08 Å². The topological polar surface area (TPSA) is 73.0 Å². The second-order valence-electron chi connectivity index (χ2n) is 9.01. The van der Waals surface area contributed by atoms with Crippen molar-refractivity contribution in [1.82, 2.24) is 20.0 Å². The van der Waals surface area contributed by atoms with E-state index in [9.17, 15) is 14.4 Å². The van der Waals surface area contributed by atoms with Gasteiger partial charge in [-0.05, 0) is 62.5 Å². The maximum absolute atomic E-state index is 12.6. The molecule has 0 radical (unpaired) electrons. The molecule has 186 valence electrons. The highest BCUT2D eigenvalue weighted by atomic mass is 35.5. The monoisotopic (exact) mass is 508 g/mol. The Morgan fingerprint density at radius 1 is 1.09 bits per heavy atom. The van der Waals surface area contributed by atoms with Crippen molar-refractivity contribution in [1.29, 1.82) is 0 Å². The van der Waals surface area contributed by atoms with Gasteiger partial charge in [-0.15, -0.1) is 0 Å². The van der Waals surface area contributed by atoms with Gasteiger partial charge < -0.3 is 20.0 Å². The summed E-state index contributed by atoms with van der Waals surface area (Å²) in [5.74, 6) is 0.0240. The lowest BCUT2D eigenvalue weighted by atomic mass is 10.1. The minimum atomic E-state index is -0.112. The Hall–Kier alpha value is -2.09. The molecular weight excluding hydrogens is 475 g/mol. The molecule has 2 fully saturated rings. The Kier molecular flexibility index (Phi) is 10.2. The molecule has 3 rings (SSSR count). The molecule has 2 aliphatic rings. The van der Waals surface area contributed by atoms with Gasteiger partial charge in [0.05, 0.1) is 10.0 Å². The highest BCUT2D eigenvalue weighted by molar-refractivity contribution is 6.42. The lowest BCUT2D eigenvalue weighted by Gasteiger charge is -2.33. The van der Waals surface area contributed by atoms with Crippen molar-refractivity contribution >= 4 is 47.0 Å². The Bertz CT molecular complexity index is 908. The first-order valence-electron chi connectivity index (χ1n) is 12.0. The van der Waals surface area contributed by atoms with Gasteiger partial charge in [0.25, 0.3) is 0 Å². The summed E-state index contributed by atoms with van der Waals surface area (Å²) in [5, 5.41) is 3.94. The van der Waals surface area contributed by atoms with E-state index in [-0.39, 0.29) is 23.8 Å². The van der Waals surface area contributed by atoms with Gasteiger partial charge in [0.1, 0.15) is 0 Å². The van der Waals surface area contributed by atoms with Crippen LogP contribution in [0, 0.1) is 0 Å². The van der Waals surface area contributed by atoms with Gasteiger partial charge >= 0.3 is 0 Å². The molecule has 0 spiro atoms. The summed E-state index contributed by atoms with van der Waals surface area (Å²) < 4.78 is 0. The number of carbonyl (C=O) groups excluding carboxylic acids is 3. The molecule has 0 saturated carbocycles. The van der Waals surface area contributed by atoms with Crippen LogP contribution < -0.4 is 5.32 Å². The minimum absolute atomic E-state index is 0.0314. The standard InChI is InChI=1S/C25H34Cl2N4O3/c1-19(32)28-21-5-4-12-29(18-21)11-2-3-13-30-15-16-31(14-10-25(30)34)24(33)9-7-20-6-8-22(26)23(27)17-20/h6-9,17,21H,2-5,10-16,18H2,1H3,(H,28,32). The number of hydrogen-bond donors (Lipinski definition) is 1. The third kappa shape index (κ3) is 8.29. The van der Waals surface area contributed by atoms with Crippen LogP contribution in [0.3, 0.4) is 0 Å². The van der Waals surface area contributed by atoms with E-state index < -0.39 is 0 Å². The number of unbranched alkanes of at least 4 members (excludes halogenated alkanes) is 1. The molecular formula is C25H34Cl2N4O3. The zero-order valence-corrected chi connectivity index (χ0v) is 21.3. The van der Waals surface area contributed by atoms with Crippen LogP contribution in [0.5, 0.6) is 0 Å². The van der Waals surface area contributed by atoms with Crippen LogP contribution in [0.25, 0.3) is 6.08 Å². The van der Waals surface area contributed by atoms with Gasteiger partial charge in [0, 0.05) is 58.2 Å². The largest absolute Gasteiger partial charge is 0.352 e. The molecule has 0 bridgehead atoms. The number of nitrogens with one attached hydrogen (secondary N) is 1. The average Bonchev–Trinajstić information content (AvgIpc) is 2.98. The highest BCUT2D eigenvalue weighted by Gasteiger charge is 2.23. The minimum Gasteiger partial charge on any atom is -0.352 e. The predicted octanol–water partition coefficient (Wildman–Crippen LogP) is 3.45. The molecule has 2 aliphatic heterocycles. The van der Waals surface area contributed by atoms with Gasteiger partial charge in [0.15, 0.2) is 0 Å². The maximum atomic E-state index is 12.6. The summed E-state index contributed by atoms with van der Waals surface area (Å²) in [6, 6.07) is 5.46. The van der Waals surface area contributed by atoms with Gasteiger partial charge in [0.2, 0.25) is 17.7 Å². The summed E-state index contributed by atoms with van der Waals surface area (Å²) in [5.41, 5.74) is 0.798. The smallest absolute Gasteiger partial charge is 0.246 e. The van der Waals surface area contributed by atoms with Crippen LogP contribution in [-0.2, 0) is 14.4 Å². The Labute approximate surface area is 212 Å². The Morgan fingerprint density at radius 2 is 1.88 bits per heavy atom. The van der Waals surface area contributed by atoms with Crippen molar-refractivity contribution in [3.8, 4) is 0 Å². The lowest BCUT2D eigenvalue weighted by Crippen LogP contribution is -2.47. The van der Waals surface area contributed by atoms with E-state index in [4.69, 9.17) is 23.2 Å². The third-order valence-electron chi connectivity index (χ3n) is 6.33. The number of likely N-dealkylation sites (tertiary alicyclic amines) is 1. The molecule has 2 saturated heterocycles. The summed E-state index contributed by atoms with van der Waals surface area (Å²) in [6.45, 7) is 6.72. The second-order valence-corrected chi connectivity index (χ2v) is 9.82. The summed E-state index contributed by atoms with van der Waals surface area (Å²) in [6.07, 6.45) is 7.65. The fourth-order valence-corrected chi connectivity index (χ4v) is 4.82. The average molecular weight is 509 g/mol. The molecule has 1 unspecified atom stereocenters. The highest BCUT2D eigenvalue weighted by Crippen LogP contribution is 2.23. The molecule has 34 heavy (non-hydrogen) atoms. The van der Waals surface area contributed by atoms with Crippen molar-refractivity contribution in [2.24, 2.45) is 0 Å². The van der Waals surface area contributed by atoms with Crippen molar-refractivity contribution in [3.63, 3.8) is 0 Å². The first-order chi connectivity index (χ1) is 16.3. The molecule has 3 amide bonds. The van der Waals surface area contributed by atoms with Crippen LogP contribution in [0.15, 0.2) is 24.3 Å². The molecule has 0 aromatic heterocycles. The SMILES string of the molecule is CC(=O)NC1CCCN(CCCCN2CCN(C(=O)C=Cc3ccc(Cl)c(Cl)c3)CCC2=O)C1. The number of halogens is 2. The van der Waals surface area contributed by atoms with Gasteiger partial charge in [-0.2, -0.15) is 0 Å². The van der Waals surface area contributed by atoms with Gasteiger partial charge in [-0.25, -0.2) is 0 Å². The number of hydrogen-bond acceptors (Lipinski definition) is 4. The zero-order chi connectivity index (χ0) is 24.5. The van der Waals surface area contributed by atoms with Crippen LogP contribution in [-0.4, -0.2) is 84.3 Å². The first-order valence-corrected chi connectivity index (χ1v) is 12.8. The summed E-state index contributed by atoms with van der Waals surface area (Å²) >= 11 is 12.0. The van der Waals surface area contributed by atoms with E-state index >= 15 is 0 Å². The van der Waals surface area contributed by atoms with E-state index in [1.807, 2.05) is 4.90 Å². The van der Waals surface area contributed by atoms with Crippen molar-refractivity contribution in [3.05, 3.63) is 39.9 Å². The van der Waals surface area contributed by atoms with Crippen molar-refractivity contribution < 1.29 is 14.4 Å². The van der Waals surface area contributed by atoms with E-state index in [0.717, 1.165) is 50.9 Å². The molecule has 2 heterocycles. The number of piperidine rings is 1. The van der Waals surface area contributed by atoms with Crippen LogP contribution in [0.2, 0.25) is 10.0 Å². The third-order valence-corrected chi connectivity index (χ3v) is 7.07. The van der Waals surface area contributed by atoms with Crippen molar-refractivity contribution in [2.75, 3.05) is 45.8 Å². The maximum Gasteiger partial charge on any atom is 0.246 e.